The first-order valence-corrected chi connectivity index (χ1v) is 13.6. The van der Waals surface area contributed by atoms with Gasteiger partial charge in [-0.3, -0.25) is 0 Å². The fourth-order valence-electron chi connectivity index (χ4n) is 5.92. The predicted octanol–water partition coefficient (Wildman–Crippen LogP) is 11.0. The van der Waals surface area contributed by atoms with E-state index in [4.69, 9.17) is 4.42 Å². The molecule has 8 rings (SSSR count). The monoisotopic (exact) mass is 511 g/mol. The first kappa shape index (κ1) is 22.6. The Hall–Kier alpha value is -5.34. The Morgan fingerprint density at radius 3 is 1.80 bits per heavy atom. The quantitative estimate of drug-likeness (QED) is 0.218. The first-order valence-electron chi connectivity index (χ1n) is 13.6. The lowest BCUT2D eigenvalue weighted by molar-refractivity contribution is 0.669. The molecule has 0 amide bonds. The van der Waals surface area contributed by atoms with Crippen molar-refractivity contribution in [3.63, 3.8) is 0 Å². The van der Waals surface area contributed by atoms with Gasteiger partial charge >= 0.3 is 0 Å². The first-order chi connectivity index (χ1) is 19.8. The number of fused-ring (bicyclic) bond motifs is 6. The van der Waals surface area contributed by atoms with Gasteiger partial charge in [-0.25, -0.2) is 0 Å². The summed E-state index contributed by atoms with van der Waals surface area (Å²) in [5.74, 6) is 0. The van der Waals surface area contributed by atoms with Crippen molar-refractivity contribution in [1.29, 1.82) is 0 Å². The lowest BCUT2D eigenvalue weighted by Crippen LogP contribution is -2.10. The zero-order valence-corrected chi connectivity index (χ0v) is 21.8. The summed E-state index contributed by atoms with van der Waals surface area (Å²) in [6, 6.07) is 53.8. The molecule has 2 nitrogen and oxygen atoms in total. The lowest BCUT2D eigenvalue weighted by Gasteiger charge is -2.27. The summed E-state index contributed by atoms with van der Waals surface area (Å²) < 4.78 is 6.32. The molecular weight excluding hydrogens is 486 g/mol. The van der Waals surface area contributed by atoms with Crippen LogP contribution in [-0.2, 0) is 0 Å². The number of rotatable bonds is 4. The minimum atomic E-state index is 0.912. The minimum absolute atomic E-state index is 0.912. The average Bonchev–Trinajstić information content (AvgIpc) is 3.39. The average molecular weight is 512 g/mol. The van der Waals surface area contributed by atoms with Gasteiger partial charge in [-0.1, -0.05) is 103 Å². The Balaban J connectivity index is 1.43. The number of hydrogen-bond acceptors (Lipinski definition) is 2. The van der Waals surface area contributed by atoms with Gasteiger partial charge in [0.05, 0.1) is 5.69 Å². The molecule has 7 aromatic carbocycles. The minimum Gasteiger partial charge on any atom is -0.456 e. The molecular formula is C38H25NO. The van der Waals surface area contributed by atoms with Crippen LogP contribution >= 0.6 is 0 Å². The van der Waals surface area contributed by atoms with E-state index in [1.807, 2.05) is 12.1 Å². The molecule has 0 N–H and O–H groups in total. The van der Waals surface area contributed by atoms with E-state index in [-0.39, 0.29) is 0 Å². The number of benzene rings is 7. The number of furan rings is 1. The zero-order chi connectivity index (χ0) is 26.5. The number of nitrogens with zero attached hydrogens (tertiary/aromatic N) is 1. The fraction of sp³-hybridized carbons (Fsp3) is 0. The van der Waals surface area contributed by atoms with E-state index in [0.29, 0.717) is 0 Å². The van der Waals surface area contributed by atoms with Crippen molar-refractivity contribution in [3.05, 3.63) is 152 Å². The van der Waals surface area contributed by atoms with Crippen LogP contribution in [0.3, 0.4) is 0 Å². The molecule has 0 aliphatic heterocycles. The molecule has 188 valence electrons. The van der Waals surface area contributed by atoms with Crippen molar-refractivity contribution < 1.29 is 4.42 Å². The molecule has 8 aromatic rings. The Kier molecular flexibility index (Phi) is 5.17. The Morgan fingerprint density at radius 2 is 1.00 bits per heavy atom. The zero-order valence-electron chi connectivity index (χ0n) is 21.8. The second kappa shape index (κ2) is 9.14. The third-order valence-corrected chi connectivity index (χ3v) is 7.82. The van der Waals surface area contributed by atoms with E-state index < -0.39 is 0 Å². The summed E-state index contributed by atoms with van der Waals surface area (Å²) in [4.78, 5) is 2.37. The highest BCUT2D eigenvalue weighted by atomic mass is 16.3. The summed E-state index contributed by atoms with van der Waals surface area (Å²) in [6.07, 6.45) is 0. The molecule has 1 aromatic heterocycles. The van der Waals surface area contributed by atoms with Crippen molar-refractivity contribution in [2.24, 2.45) is 0 Å². The summed E-state index contributed by atoms with van der Waals surface area (Å²) in [5.41, 5.74) is 7.60. The molecule has 0 saturated heterocycles. The fourth-order valence-corrected chi connectivity index (χ4v) is 5.92. The summed E-state index contributed by atoms with van der Waals surface area (Å²) in [6.45, 7) is 0. The van der Waals surface area contributed by atoms with Crippen molar-refractivity contribution in [2.75, 3.05) is 4.90 Å². The van der Waals surface area contributed by atoms with E-state index >= 15 is 0 Å². The maximum absolute atomic E-state index is 6.32. The molecule has 0 fully saturated rings. The van der Waals surface area contributed by atoms with Crippen LogP contribution in [0, 0.1) is 0 Å². The summed E-state index contributed by atoms with van der Waals surface area (Å²) in [5, 5.41) is 7.05. The van der Waals surface area contributed by atoms with Gasteiger partial charge in [0.2, 0.25) is 0 Å². The van der Waals surface area contributed by atoms with Crippen LogP contribution in [0.4, 0.5) is 17.1 Å². The van der Waals surface area contributed by atoms with Crippen molar-refractivity contribution in [3.8, 4) is 11.1 Å². The smallest absolute Gasteiger partial charge is 0.136 e. The van der Waals surface area contributed by atoms with E-state index in [1.54, 1.807) is 0 Å². The molecule has 0 bridgehead atoms. The lowest BCUT2D eigenvalue weighted by atomic mass is 9.97. The van der Waals surface area contributed by atoms with Crippen molar-refractivity contribution >= 4 is 60.5 Å². The predicted molar refractivity (Wildman–Crippen MR) is 169 cm³/mol. The third kappa shape index (κ3) is 3.65. The van der Waals surface area contributed by atoms with E-state index in [0.717, 1.165) is 39.0 Å². The third-order valence-electron chi connectivity index (χ3n) is 7.82. The molecule has 1 heterocycles. The normalized spacial score (nSPS) is 11.5. The summed E-state index contributed by atoms with van der Waals surface area (Å²) in [7, 11) is 0. The van der Waals surface area contributed by atoms with Gasteiger partial charge in [-0.15, -0.1) is 0 Å². The largest absolute Gasteiger partial charge is 0.456 e. The van der Waals surface area contributed by atoms with Crippen LogP contribution < -0.4 is 4.90 Å². The second-order valence-corrected chi connectivity index (χ2v) is 10.2. The van der Waals surface area contributed by atoms with Crippen molar-refractivity contribution in [1.82, 2.24) is 0 Å². The van der Waals surface area contributed by atoms with Gasteiger partial charge < -0.3 is 9.32 Å². The van der Waals surface area contributed by atoms with Crippen LogP contribution in [0.25, 0.3) is 54.6 Å². The molecule has 0 unspecified atom stereocenters. The van der Waals surface area contributed by atoms with E-state index in [9.17, 15) is 0 Å². The highest BCUT2D eigenvalue weighted by Crippen LogP contribution is 2.44. The molecule has 0 radical (unpaired) electrons. The second-order valence-electron chi connectivity index (χ2n) is 10.2. The SMILES string of the molecule is c1ccc(-c2ccc(N(c3ccccc3)c3cc4ccccc4c4cc5oc6ccccc6c5cc34)cc2)cc1. The van der Waals surface area contributed by atoms with Crippen LogP contribution in [0.1, 0.15) is 0 Å². The highest BCUT2D eigenvalue weighted by molar-refractivity contribution is 6.20. The number of para-hydroxylation sites is 2. The molecule has 40 heavy (non-hydrogen) atoms. The highest BCUT2D eigenvalue weighted by Gasteiger charge is 2.19. The van der Waals surface area contributed by atoms with Crippen LogP contribution in [0.15, 0.2) is 156 Å². The molecule has 0 atom stereocenters. The maximum atomic E-state index is 6.32. The van der Waals surface area contributed by atoms with Gasteiger partial charge in [0, 0.05) is 27.5 Å². The van der Waals surface area contributed by atoms with Gasteiger partial charge in [0.25, 0.3) is 0 Å². The van der Waals surface area contributed by atoms with Crippen molar-refractivity contribution in [2.45, 2.75) is 0 Å². The Morgan fingerprint density at radius 1 is 0.375 bits per heavy atom. The van der Waals surface area contributed by atoms with Gasteiger partial charge in [0.1, 0.15) is 11.2 Å². The van der Waals surface area contributed by atoms with Gasteiger partial charge in [-0.05, 0) is 75.8 Å². The Labute approximate surface area is 232 Å². The van der Waals surface area contributed by atoms with Gasteiger partial charge in [-0.2, -0.15) is 0 Å². The van der Waals surface area contributed by atoms with E-state index in [2.05, 4.69) is 144 Å². The molecule has 0 aliphatic carbocycles. The maximum Gasteiger partial charge on any atom is 0.136 e. The van der Waals surface area contributed by atoms with E-state index in [1.165, 1.54) is 32.7 Å². The molecule has 0 spiro atoms. The molecule has 0 saturated carbocycles. The van der Waals surface area contributed by atoms with Gasteiger partial charge in [0.15, 0.2) is 0 Å². The number of hydrogen-bond donors (Lipinski definition) is 0. The Bertz CT molecular complexity index is 2140. The standard InChI is InChI=1S/C38H25NO/c1-3-11-26(12-4-1)27-19-21-30(22-20-27)39(29-14-5-2-6-15-29)36-23-28-13-7-8-16-31(28)33-25-38-35(24-34(33)36)32-17-9-10-18-37(32)40-38/h1-25H. The number of anilines is 3. The van der Waals surface area contributed by atoms with Crippen LogP contribution in [0.2, 0.25) is 0 Å². The summed E-state index contributed by atoms with van der Waals surface area (Å²) >= 11 is 0. The molecule has 2 heteroatoms. The van der Waals surface area contributed by atoms with Crippen LogP contribution in [0.5, 0.6) is 0 Å². The van der Waals surface area contributed by atoms with Crippen LogP contribution in [-0.4, -0.2) is 0 Å². The topological polar surface area (TPSA) is 16.4 Å². The molecule has 0 aliphatic rings.